The molecule has 1 aromatic carbocycles. The van der Waals surface area contributed by atoms with E-state index in [-0.39, 0.29) is 17.3 Å². The molecule has 2 aliphatic rings. The highest BCUT2D eigenvalue weighted by molar-refractivity contribution is 8.15. The molecule has 0 aliphatic carbocycles. The van der Waals surface area contributed by atoms with E-state index in [2.05, 4.69) is 4.99 Å². The molecule has 0 saturated carbocycles. The largest absolute Gasteiger partial charge is 0.459 e. The molecule has 5 nitrogen and oxygen atoms in total. The maximum Gasteiger partial charge on any atom is 0.338 e. The smallest absolute Gasteiger partial charge is 0.338 e. The van der Waals surface area contributed by atoms with Crippen molar-refractivity contribution in [3.8, 4) is 0 Å². The number of esters is 1. The molecule has 0 radical (unpaired) electrons. The summed E-state index contributed by atoms with van der Waals surface area (Å²) in [4.78, 5) is 31.5. The van der Waals surface area contributed by atoms with Gasteiger partial charge in [0.15, 0.2) is 5.17 Å². The highest BCUT2D eigenvalue weighted by Gasteiger charge is 2.46. The molecule has 0 unspecified atom stereocenters. The second-order valence-electron chi connectivity index (χ2n) is 6.27. The van der Waals surface area contributed by atoms with E-state index in [1.54, 1.807) is 43.9 Å². The average Bonchev–Trinajstić information content (AvgIpc) is 2.79. The molecule has 1 fully saturated rings. The first-order valence-corrected chi connectivity index (χ1v) is 9.31. The Bertz CT molecular complexity index is 803. The molecule has 7 heteroatoms. The van der Waals surface area contributed by atoms with Crippen LogP contribution in [0.3, 0.4) is 0 Å². The number of hydrogen-bond acceptors (Lipinski definition) is 5. The molecule has 25 heavy (non-hydrogen) atoms. The molecule has 1 aromatic rings. The van der Waals surface area contributed by atoms with Gasteiger partial charge in [-0.3, -0.25) is 9.69 Å². The molecule has 3 rings (SSSR count). The van der Waals surface area contributed by atoms with Crippen LogP contribution in [0.1, 0.15) is 39.3 Å². The molecule has 2 heterocycles. The van der Waals surface area contributed by atoms with E-state index < -0.39 is 12.0 Å². The molecule has 1 saturated heterocycles. The number of fused-ring (bicyclic) bond motifs is 1. The van der Waals surface area contributed by atoms with Crippen LogP contribution in [0.2, 0.25) is 5.02 Å². The Kier molecular flexibility index (Phi) is 4.93. The summed E-state index contributed by atoms with van der Waals surface area (Å²) in [6, 6.07) is 6.61. The van der Waals surface area contributed by atoms with Crippen LogP contribution < -0.4 is 0 Å². The Morgan fingerprint density at radius 1 is 1.40 bits per heavy atom. The van der Waals surface area contributed by atoms with E-state index in [9.17, 15) is 9.59 Å². The zero-order valence-electron chi connectivity index (χ0n) is 14.4. The van der Waals surface area contributed by atoms with Crippen molar-refractivity contribution in [2.45, 2.75) is 45.1 Å². The number of carbonyl (C=O) groups is 2. The lowest BCUT2D eigenvalue weighted by Crippen LogP contribution is -2.40. The number of amides is 1. The van der Waals surface area contributed by atoms with E-state index >= 15 is 0 Å². The Morgan fingerprint density at radius 3 is 2.76 bits per heavy atom. The van der Waals surface area contributed by atoms with Crippen LogP contribution >= 0.6 is 23.4 Å². The van der Waals surface area contributed by atoms with Gasteiger partial charge in [-0.05, 0) is 45.4 Å². The van der Waals surface area contributed by atoms with Crippen molar-refractivity contribution in [1.29, 1.82) is 0 Å². The van der Waals surface area contributed by atoms with Crippen LogP contribution in [0.15, 0.2) is 40.5 Å². The van der Waals surface area contributed by atoms with Crippen molar-refractivity contribution in [3.05, 3.63) is 46.1 Å². The minimum Gasteiger partial charge on any atom is -0.459 e. The van der Waals surface area contributed by atoms with Crippen molar-refractivity contribution in [2.24, 2.45) is 4.99 Å². The number of ether oxygens (including phenoxy) is 1. The Hall–Kier alpha value is -1.79. The summed E-state index contributed by atoms with van der Waals surface area (Å²) < 4.78 is 5.41. The second-order valence-corrected chi connectivity index (χ2v) is 8.02. The van der Waals surface area contributed by atoms with Gasteiger partial charge in [-0.1, -0.05) is 35.5 Å². The second kappa shape index (κ2) is 6.84. The first-order chi connectivity index (χ1) is 11.8. The third-order valence-corrected chi connectivity index (χ3v) is 5.27. The molecule has 0 N–H and O–H groups in total. The van der Waals surface area contributed by atoms with Crippen LogP contribution in [0.5, 0.6) is 0 Å². The van der Waals surface area contributed by atoms with Gasteiger partial charge in [0.25, 0.3) is 0 Å². The third kappa shape index (κ3) is 3.33. The summed E-state index contributed by atoms with van der Waals surface area (Å²) in [7, 11) is 0. The molecule has 1 amide bonds. The van der Waals surface area contributed by atoms with Gasteiger partial charge >= 0.3 is 5.97 Å². The van der Waals surface area contributed by atoms with Gasteiger partial charge in [-0.2, -0.15) is 0 Å². The Morgan fingerprint density at radius 2 is 2.12 bits per heavy atom. The lowest BCUT2D eigenvalue weighted by molar-refractivity contribution is -0.143. The monoisotopic (exact) mass is 378 g/mol. The normalized spacial score (nSPS) is 23.0. The standard InChI is InChI=1S/C18H19ClN2O3S/c1-9(2)24-17(23)14-10(3)20-18-21(16(22)11(4)25-18)15(14)12-6-5-7-13(19)8-12/h5-9,11,15H,1-4H3/t11-,15-/m0/s1. The maximum absolute atomic E-state index is 12.7. The van der Waals surface area contributed by atoms with Crippen molar-refractivity contribution < 1.29 is 14.3 Å². The number of carbonyl (C=O) groups excluding carboxylic acids is 2. The quantitative estimate of drug-likeness (QED) is 0.747. The fourth-order valence-electron chi connectivity index (χ4n) is 2.93. The van der Waals surface area contributed by atoms with Crippen LogP contribution in [0, 0.1) is 0 Å². The third-order valence-electron chi connectivity index (χ3n) is 3.99. The van der Waals surface area contributed by atoms with E-state index in [1.807, 2.05) is 13.0 Å². The summed E-state index contributed by atoms with van der Waals surface area (Å²) in [5.74, 6) is -0.534. The van der Waals surface area contributed by atoms with Crippen LogP contribution in [0.4, 0.5) is 0 Å². The number of nitrogens with zero attached hydrogens (tertiary/aromatic N) is 2. The average molecular weight is 379 g/mol. The number of aliphatic imine (C=N–C) groups is 1. The number of hydrogen-bond donors (Lipinski definition) is 0. The zero-order valence-corrected chi connectivity index (χ0v) is 16.0. The van der Waals surface area contributed by atoms with Crippen molar-refractivity contribution in [2.75, 3.05) is 0 Å². The summed E-state index contributed by atoms with van der Waals surface area (Å²) >= 11 is 7.55. The van der Waals surface area contributed by atoms with Gasteiger partial charge in [0.2, 0.25) is 5.91 Å². The number of amidine groups is 1. The fraction of sp³-hybridized carbons (Fsp3) is 0.389. The number of thioether (sulfide) groups is 1. The molecule has 0 spiro atoms. The lowest BCUT2D eigenvalue weighted by atomic mass is 9.94. The summed E-state index contributed by atoms with van der Waals surface area (Å²) in [6.45, 7) is 7.19. The van der Waals surface area contributed by atoms with Crippen LogP contribution in [-0.4, -0.2) is 33.3 Å². The molecule has 0 bridgehead atoms. The zero-order chi connectivity index (χ0) is 18.3. The van der Waals surface area contributed by atoms with Gasteiger partial charge in [-0.25, -0.2) is 9.79 Å². The first kappa shape index (κ1) is 18.0. The summed E-state index contributed by atoms with van der Waals surface area (Å²) in [5.41, 5.74) is 1.71. The summed E-state index contributed by atoms with van der Waals surface area (Å²) in [5, 5.41) is 0.915. The predicted molar refractivity (Wildman–Crippen MR) is 99.5 cm³/mol. The molecule has 132 valence electrons. The molecule has 0 aromatic heterocycles. The predicted octanol–water partition coefficient (Wildman–Crippen LogP) is 3.94. The van der Waals surface area contributed by atoms with E-state index in [1.165, 1.54) is 11.8 Å². The van der Waals surface area contributed by atoms with Crippen molar-refractivity contribution >= 4 is 40.4 Å². The molecular formula is C18H19ClN2O3S. The van der Waals surface area contributed by atoms with Crippen molar-refractivity contribution in [1.82, 2.24) is 4.90 Å². The van der Waals surface area contributed by atoms with E-state index in [4.69, 9.17) is 16.3 Å². The lowest BCUT2D eigenvalue weighted by Gasteiger charge is -2.33. The van der Waals surface area contributed by atoms with Crippen LogP contribution in [-0.2, 0) is 14.3 Å². The van der Waals surface area contributed by atoms with Gasteiger partial charge in [0.1, 0.15) is 0 Å². The maximum atomic E-state index is 12.7. The first-order valence-electron chi connectivity index (χ1n) is 8.05. The molecular weight excluding hydrogens is 360 g/mol. The number of benzene rings is 1. The number of rotatable bonds is 3. The van der Waals surface area contributed by atoms with Gasteiger partial charge in [-0.15, -0.1) is 0 Å². The van der Waals surface area contributed by atoms with Gasteiger partial charge in [0, 0.05) is 5.02 Å². The Labute approximate surface area is 156 Å². The molecule has 2 aliphatic heterocycles. The minimum atomic E-state index is -0.581. The SMILES string of the molecule is CC1=C(C(=O)OC(C)C)[C@H](c2cccc(Cl)c2)N2C(=O)[C@H](C)SC2=N1. The highest BCUT2D eigenvalue weighted by atomic mass is 35.5. The molecule has 2 atom stereocenters. The Balaban J connectivity index is 2.14. The topological polar surface area (TPSA) is 59.0 Å². The minimum absolute atomic E-state index is 0.0731. The van der Waals surface area contributed by atoms with Crippen molar-refractivity contribution in [3.63, 3.8) is 0 Å². The number of allylic oxidation sites excluding steroid dienone is 1. The van der Waals surface area contributed by atoms with E-state index in [0.717, 1.165) is 5.56 Å². The van der Waals surface area contributed by atoms with Gasteiger partial charge in [0.05, 0.1) is 28.7 Å². The fourth-order valence-corrected chi connectivity index (χ4v) is 4.16. The van der Waals surface area contributed by atoms with E-state index in [0.29, 0.717) is 21.5 Å². The number of halogens is 1. The van der Waals surface area contributed by atoms with Gasteiger partial charge < -0.3 is 4.74 Å². The summed E-state index contributed by atoms with van der Waals surface area (Å²) in [6.07, 6.45) is -0.263. The highest BCUT2D eigenvalue weighted by Crippen LogP contribution is 2.43. The van der Waals surface area contributed by atoms with Crippen LogP contribution in [0.25, 0.3) is 0 Å².